The van der Waals surface area contributed by atoms with E-state index < -0.39 is 11.2 Å². The smallest absolute Gasteiger partial charge is 0.337 e. The maximum atomic E-state index is 12.8. The maximum Gasteiger partial charge on any atom is 0.337 e. The summed E-state index contributed by atoms with van der Waals surface area (Å²) in [6, 6.07) is 17.8. The number of fused-ring (bicyclic) bond motifs is 1. The van der Waals surface area contributed by atoms with Gasteiger partial charge in [-0.15, -0.1) is 0 Å². The van der Waals surface area contributed by atoms with Crippen LogP contribution in [0.2, 0.25) is 0 Å². The Hall–Kier alpha value is -4.20. The highest BCUT2D eigenvalue weighted by atomic mass is 16.5. The number of rotatable bonds is 5. The molecular formula is C23H20N4O4. The number of nitrogens with zero attached hydrogens (tertiary/aromatic N) is 3. The quantitative estimate of drug-likeness (QED) is 0.537. The summed E-state index contributed by atoms with van der Waals surface area (Å²) in [5.74, 6) is 0.277. The second kappa shape index (κ2) is 8.27. The van der Waals surface area contributed by atoms with Crippen LogP contribution in [0.4, 0.5) is 0 Å². The highest BCUT2D eigenvalue weighted by Gasteiger charge is 2.16. The van der Waals surface area contributed by atoms with E-state index in [1.165, 1.54) is 23.9 Å². The minimum Gasteiger partial charge on any atom is -0.497 e. The van der Waals surface area contributed by atoms with Gasteiger partial charge in [0.05, 0.1) is 23.7 Å². The van der Waals surface area contributed by atoms with Gasteiger partial charge in [0.25, 0.3) is 11.5 Å². The number of carbonyl (C=O) groups excluding carboxylic acids is 1. The lowest BCUT2D eigenvalue weighted by Gasteiger charge is -2.12. The van der Waals surface area contributed by atoms with Crippen LogP contribution in [0.3, 0.4) is 0 Å². The van der Waals surface area contributed by atoms with Crippen molar-refractivity contribution in [3.05, 3.63) is 98.8 Å². The van der Waals surface area contributed by atoms with E-state index >= 15 is 0 Å². The highest BCUT2D eigenvalue weighted by Crippen LogP contribution is 2.17. The van der Waals surface area contributed by atoms with Crippen molar-refractivity contribution >= 4 is 16.9 Å². The van der Waals surface area contributed by atoms with Gasteiger partial charge in [0.2, 0.25) is 0 Å². The first-order valence-corrected chi connectivity index (χ1v) is 9.58. The number of hydrogen-bond donors (Lipinski definition) is 1. The van der Waals surface area contributed by atoms with Gasteiger partial charge in [-0.1, -0.05) is 30.3 Å². The largest absolute Gasteiger partial charge is 0.497 e. The van der Waals surface area contributed by atoms with Gasteiger partial charge in [0.15, 0.2) is 5.65 Å². The number of benzene rings is 2. The molecule has 0 aliphatic rings. The minimum absolute atomic E-state index is 0.172. The summed E-state index contributed by atoms with van der Waals surface area (Å²) < 4.78 is 7.49. The molecule has 8 heteroatoms. The number of ether oxygens (including phenoxy) is 1. The number of aromatic nitrogens is 3. The highest BCUT2D eigenvalue weighted by molar-refractivity contribution is 5.96. The van der Waals surface area contributed by atoms with E-state index in [9.17, 15) is 14.4 Å². The Bertz CT molecular complexity index is 1370. The summed E-state index contributed by atoms with van der Waals surface area (Å²) in [5.41, 5.74) is 0.846. The second-order valence-electron chi connectivity index (χ2n) is 6.94. The fourth-order valence-corrected chi connectivity index (χ4v) is 3.27. The molecule has 0 saturated carbocycles. The molecule has 156 valence electrons. The first kappa shape index (κ1) is 20.1. The summed E-state index contributed by atoms with van der Waals surface area (Å²) in [6.45, 7) is 0.348. The SMILES string of the molecule is COc1ccc(-n2c(=O)n(C)c(=O)c3cc(C(=O)NCc4ccccc4)cnc32)cc1. The molecule has 1 amide bonds. The number of pyridine rings is 1. The van der Waals surface area contributed by atoms with Crippen molar-refractivity contribution in [2.75, 3.05) is 7.11 Å². The molecule has 2 aromatic heterocycles. The average molecular weight is 416 g/mol. The van der Waals surface area contributed by atoms with Crippen LogP contribution < -0.4 is 21.3 Å². The molecule has 0 unspecified atom stereocenters. The molecule has 0 aliphatic heterocycles. The molecule has 0 radical (unpaired) electrons. The van der Waals surface area contributed by atoms with Crippen molar-refractivity contribution in [2.45, 2.75) is 6.54 Å². The van der Waals surface area contributed by atoms with Crippen LogP contribution >= 0.6 is 0 Å². The number of nitrogens with one attached hydrogen (secondary N) is 1. The van der Waals surface area contributed by atoms with Gasteiger partial charge in [-0.3, -0.25) is 14.2 Å². The predicted molar refractivity (Wildman–Crippen MR) is 117 cm³/mol. The van der Waals surface area contributed by atoms with Gasteiger partial charge in [-0.25, -0.2) is 14.3 Å². The van der Waals surface area contributed by atoms with Crippen LogP contribution in [0.25, 0.3) is 16.7 Å². The van der Waals surface area contributed by atoms with Gasteiger partial charge in [0, 0.05) is 19.8 Å². The fraction of sp³-hybridized carbons (Fsp3) is 0.130. The third kappa shape index (κ3) is 3.83. The van der Waals surface area contributed by atoms with Crippen molar-refractivity contribution < 1.29 is 9.53 Å². The van der Waals surface area contributed by atoms with Gasteiger partial charge >= 0.3 is 5.69 Å². The standard InChI is InChI=1S/C23H20N4O4/c1-26-22(29)19-12-16(21(28)25-13-15-6-4-3-5-7-15)14-24-20(19)27(23(26)30)17-8-10-18(31-2)11-9-17/h3-12,14H,13H2,1-2H3,(H,25,28). The zero-order valence-corrected chi connectivity index (χ0v) is 17.0. The normalized spacial score (nSPS) is 10.8. The van der Waals surface area contributed by atoms with Gasteiger partial charge in [-0.05, 0) is 35.9 Å². The fourth-order valence-electron chi connectivity index (χ4n) is 3.27. The van der Waals surface area contributed by atoms with Crippen molar-refractivity contribution in [2.24, 2.45) is 7.05 Å². The molecule has 0 saturated heterocycles. The number of carbonyl (C=O) groups is 1. The van der Waals surface area contributed by atoms with Crippen LogP contribution in [-0.4, -0.2) is 27.1 Å². The summed E-state index contributed by atoms with van der Waals surface area (Å²) >= 11 is 0. The minimum atomic E-state index is -0.531. The van der Waals surface area contributed by atoms with E-state index in [1.807, 2.05) is 30.3 Å². The third-order valence-electron chi connectivity index (χ3n) is 4.98. The Kier molecular flexibility index (Phi) is 5.36. The monoisotopic (exact) mass is 416 g/mol. The predicted octanol–water partition coefficient (Wildman–Crippen LogP) is 2.02. The Morgan fingerprint density at radius 2 is 1.77 bits per heavy atom. The second-order valence-corrected chi connectivity index (χ2v) is 6.94. The maximum absolute atomic E-state index is 12.8. The molecule has 0 atom stereocenters. The summed E-state index contributed by atoms with van der Waals surface area (Å²) in [5, 5.41) is 2.99. The molecular weight excluding hydrogens is 396 g/mol. The molecule has 8 nitrogen and oxygen atoms in total. The van der Waals surface area contributed by atoms with E-state index in [0.717, 1.165) is 10.1 Å². The Morgan fingerprint density at radius 1 is 1.06 bits per heavy atom. The molecule has 0 bridgehead atoms. The van der Waals surface area contributed by atoms with Crippen LogP contribution in [0, 0.1) is 0 Å². The van der Waals surface area contributed by atoms with E-state index in [4.69, 9.17) is 4.74 Å². The van der Waals surface area contributed by atoms with Crippen LogP contribution in [0.15, 0.2) is 76.4 Å². The first-order valence-electron chi connectivity index (χ1n) is 9.58. The molecule has 1 N–H and O–H groups in total. The Labute approximate surface area is 177 Å². The summed E-state index contributed by atoms with van der Waals surface area (Å²) in [4.78, 5) is 42.5. The molecule has 0 spiro atoms. The van der Waals surface area contributed by atoms with Gasteiger partial charge in [0.1, 0.15) is 5.75 Å². The number of hydrogen-bond acceptors (Lipinski definition) is 5. The third-order valence-corrected chi connectivity index (χ3v) is 4.98. The molecule has 31 heavy (non-hydrogen) atoms. The van der Waals surface area contributed by atoms with Crippen molar-refractivity contribution in [3.8, 4) is 11.4 Å². The van der Waals surface area contributed by atoms with E-state index in [0.29, 0.717) is 18.0 Å². The molecule has 4 rings (SSSR count). The summed E-state index contributed by atoms with van der Waals surface area (Å²) in [7, 11) is 2.95. The molecule has 0 aliphatic carbocycles. The van der Waals surface area contributed by atoms with Gasteiger partial charge < -0.3 is 10.1 Å². The van der Waals surface area contributed by atoms with Crippen molar-refractivity contribution in [1.82, 2.24) is 19.4 Å². The van der Waals surface area contributed by atoms with E-state index in [2.05, 4.69) is 10.3 Å². The molecule has 2 heterocycles. The lowest BCUT2D eigenvalue weighted by Crippen LogP contribution is -2.38. The zero-order valence-electron chi connectivity index (χ0n) is 17.0. The lowest BCUT2D eigenvalue weighted by atomic mass is 10.2. The zero-order chi connectivity index (χ0) is 22.0. The van der Waals surface area contributed by atoms with Crippen LogP contribution in [-0.2, 0) is 13.6 Å². The lowest BCUT2D eigenvalue weighted by molar-refractivity contribution is 0.0950. The Morgan fingerprint density at radius 3 is 2.45 bits per heavy atom. The topological polar surface area (TPSA) is 95.2 Å². The van der Waals surface area contributed by atoms with E-state index in [-0.39, 0.29) is 22.5 Å². The average Bonchev–Trinajstić information content (AvgIpc) is 2.82. The van der Waals surface area contributed by atoms with Crippen LogP contribution in [0.1, 0.15) is 15.9 Å². The number of amides is 1. The van der Waals surface area contributed by atoms with Gasteiger partial charge in [-0.2, -0.15) is 0 Å². The van der Waals surface area contributed by atoms with Crippen LogP contribution in [0.5, 0.6) is 5.75 Å². The summed E-state index contributed by atoms with van der Waals surface area (Å²) in [6.07, 6.45) is 1.36. The van der Waals surface area contributed by atoms with Crippen molar-refractivity contribution in [1.29, 1.82) is 0 Å². The Balaban J connectivity index is 1.76. The van der Waals surface area contributed by atoms with E-state index in [1.54, 1.807) is 31.4 Å². The molecule has 2 aromatic carbocycles. The van der Waals surface area contributed by atoms with Crippen molar-refractivity contribution in [3.63, 3.8) is 0 Å². The first-order chi connectivity index (χ1) is 15.0. The number of methoxy groups -OCH3 is 1. The molecule has 0 fully saturated rings. The molecule has 4 aromatic rings.